The highest BCUT2D eigenvalue weighted by Gasteiger charge is 2.20. The molecule has 6 nitrogen and oxygen atoms in total. The second-order valence-electron chi connectivity index (χ2n) is 21.4. The molecule has 0 fully saturated rings. The summed E-state index contributed by atoms with van der Waals surface area (Å²) < 4.78 is 5.48. The molecule has 6 heteroatoms. The molecule has 0 aromatic heterocycles. The van der Waals surface area contributed by atoms with Gasteiger partial charge in [0.25, 0.3) is 0 Å². The highest BCUT2D eigenvalue weighted by molar-refractivity contribution is 5.76. The minimum Gasteiger partial charge on any atom is -0.466 e. The van der Waals surface area contributed by atoms with Gasteiger partial charge in [0.05, 0.1) is 25.4 Å². The Kier molecular flexibility index (Phi) is 56.5. The summed E-state index contributed by atoms with van der Waals surface area (Å²) in [4.78, 5) is 24.5. The summed E-state index contributed by atoms with van der Waals surface area (Å²) in [5.74, 6) is -0.0154. The summed E-state index contributed by atoms with van der Waals surface area (Å²) in [7, 11) is 0. The van der Waals surface area contributed by atoms with Gasteiger partial charge in [0.15, 0.2) is 0 Å². The molecule has 400 valence electrons. The maximum atomic E-state index is 12.5. The van der Waals surface area contributed by atoms with E-state index in [0.29, 0.717) is 25.9 Å². The van der Waals surface area contributed by atoms with Crippen LogP contribution in [0.2, 0.25) is 0 Å². The molecule has 3 N–H and O–H groups in total. The first-order chi connectivity index (χ1) is 33.0. The summed E-state index contributed by atoms with van der Waals surface area (Å²) in [5.41, 5.74) is 0. The molecule has 1 amide bonds. The Bertz CT molecular complexity index is 959. The standard InChI is InChI=1S/C61H121NO5/c1-3-5-7-9-11-13-15-17-27-30-33-37-41-45-49-53-59(64)58(57-63)62-60(65)54-50-46-42-38-34-31-28-25-23-21-19-18-20-22-24-26-29-32-36-40-44-48-52-56-67-61(66)55-51-47-43-39-35-16-14-12-10-8-6-4-2/h58-59,63-64H,3-57H2,1-2H3,(H,62,65). The number of hydrogen-bond donors (Lipinski definition) is 3. The van der Waals surface area contributed by atoms with Crippen LogP contribution in [0.25, 0.3) is 0 Å². The van der Waals surface area contributed by atoms with Crippen molar-refractivity contribution < 1.29 is 24.5 Å². The number of nitrogens with one attached hydrogen (secondary N) is 1. The van der Waals surface area contributed by atoms with E-state index >= 15 is 0 Å². The zero-order chi connectivity index (χ0) is 48.6. The molecular weight excluding hydrogens is 827 g/mol. The van der Waals surface area contributed by atoms with E-state index in [9.17, 15) is 19.8 Å². The Hall–Kier alpha value is -1.14. The summed E-state index contributed by atoms with van der Waals surface area (Å²) in [6.45, 7) is 4.98. The quantitative estimate of drug-likeness (QED) is 0.0417. The predicted molar refractivity (Wildman–Crippen MR) is 292 cm³/mol. The number of ether oxygens (including phenoxy) is 1. The lowest BCUT2D eigenvalue weighted by molar-refractivity contribution is -0.143. The van der Waals surface area contributed by atoms with Crippen molar-refractivity contribution in [1.82, 2.24) is 5.32 Å². The van der Waals surface area contributed by atoms with Crippen LogP contribution in [-0.4, -0.2) is 47.4 Å². The smallest absolute Gasteiger partial charge is 0.305 e. The monoisotopic (exact) mass is 948 g/mol. The van der Waals surface area contributed by atoms with Crippen LogP contribution in [0.5, 0.6) is 0 Å². The molecule has 0 spiro atoms. The van der Waals surface area contributed by atoms with Gasteiger partial charge < -0.3 is 20.3 Å². The van der Waals surface area contributed by atoms with E-state index in [1.54, 1.807) is 0 Å². The van der Waals surface area contributed by atoms with Crippen molar-refractivity contribution in [3.63, 3.8) is 0 Å². The van der Waals surface area contributed by atoms with Crippen molar-refractivity contribution in [2.24, 2.45) is 0 Å². The molecular formula is C61H121NO5. The average Bonchev–Trinajstić information content (AvgIpc) is 3.33. The summed E-state index contributed by atoms with van der Waals surface area (Å²) in [5, 5.41) is 23.3. The van der Waals surface area contributed by atoms with Gasteiger partial charge in [-0.1, -0.05) is 316 Å². The second kappa shape index (κ2) is 57.4. The van der Waals surface area contributed by atoms with E-state index in [-0.39, 0.29) is 18.5 Å². The summed E-state index contributed by atoms with van der Waals surface area (Å²) in [6.07, 6.45) is 66.8. The van der Waals surface area contributed by atoms with Crippen LogP contribution in [0, 0.1) is 0 Å². The number of carbonyl (C=O) groups is 2. The Morgan fingerprint density at radius 3 is 0.910 bits per heavy atom. The first-order valence-electron chi connectivity index (χ1n) is 30.8. The van der Waals surface area contributed by atoms with Crippen molar-refractivity contribution >= 4 is 11.9 Å². The fourth-order valence-corrected chi connectivity index (χ4v) is 9.94. The van der Waals surface area contributed by atoms with Gasteiger partial charge in [0, 0.05) is 12.8 Å². The third-order valence-electron chi connectivity index (χ3n) is 14.7. The number of unbranched alkanes of at least 4 members (excludes halogenated alkanes) is 47. The van der Waals surface area contributed by atoms with Crippen molar-refractivity contribution in [1.29, 1.82) is 0 Å². The number of hydrogen-bond acceptors (Lipinski definition) is 5. The van der Waals surface area contributed by atoms with Gasteiger partial charge in [-0.3, -0.25) is 9.59 Å². The molecule has 0 aromatic carbocycles. The number of rotatable bonds is 58. The Balaban J connectivity index is 3.36. The Morgan fingerprint density at radius 2 is 0.612 bits per heavy atom. The fraction of sp³-hybridized carbons (Fsp3) is 0.967. The molecule has 2 atom stereocenters. The van der Waals surface area contributed by atoms with Crippen molar-refractivity contribution in [2.45, 2.75) is 366 Å². The number of aliphatic hydroxyl groups excluding tert-OH is 2. The molecule has 0 bridgehead atoms. The third-order valence-corrected chi connectivity index (χ3v) is 14.7. The second-order valence-corrected chi connectivity index (χ2v) is 21.4. The molecule has 0 aliphatic heterocycles. The number of aliphatic hydroxyl groups is 2. The topological polar surface area (TPSA) is 95.9 Å². The van der Waals surface area contributed by atoms with Gasteiger partial charge in [0.1, 0.15) is 0 Å². The summed E-state index contributed by atoms with van der Waals surface area (Å²) in [6, 6.07) is -0.539. The Morgan fingerprint density at radius 1 is 0.358 bits per heavy atom. The maximum Gasteiger partial charge on any atom is 0.305 e. The van der Waals surface area contributed by atoms with E-state index in [2.05, 4.69) is 19.2 Å². The van der Waals surface area contributed by atoms with Gasteiger partial charge in [0.2, 0.25) is 5.91 Å². The molecule has 2 unspecified atom stereocenters. The normalized spacial score (nSPS) is 12.5. The van der Waals surface area contributed by atoms with Crippen LogP contribution in [0.1, 0.15) is 354 Å². The van der Waals surface area contributed by atoms with E-state index in [1.807, 2.05) is 0 Å². The number of carbonyl (C=O) groups excluding carboxylic acids is 2. The lowest BCUT2D eigenvalue weighted by atomic mass is 10.0. The molecule has 0 aliphatic carbocycles. The van der Waals surface area contributed by atoms with Crippen LogP contribution in [0.15, 0.2) is 0 Å². The minimum absolute atomic E-state index is 0.0160. The molecule has 0 aromatic rings. The zero-order valence-corrected chi connectivity index (χ0v) is 45.7. The van der Waals surface area contributed by atoms with Gasteiger partial charge in [-0.2, -0.15) is 0 Å². The molecule has 0 rings (SSSR count). The highest BCUT2D eigenvalue weighted by atomic mass is 16.5. The predicted octanol–water partition coefficient (Wildman–Crippen LogP) is 19.1. The molecule has 0 heterocycles. The molecule has 67 heavy (non-hydrogen) atoms. The van der Waals surface area contributed by atoms with E-state index in [0.717, 1.165) is 38.5 Å². The SMILES string of the molecule is CCCCCCCCCCCCCCCCCC(O)C(CO)NC(=O)CCCCCCCCCCCCCCCCCCCCCCCCCOC(=O)CCCCCCCCCCCCCC. The average molecular weight is 949 g/mol. The van der Waals surface area contributed by atoms with Gasteiger partial charge >= 0.3 is 5.97 Å². The largest absolute Gasteiger partial charge is 0.466 e. The maximum absolute atomic E-state index is 12.5. The van der Waals surface area contributed by atoms with Crippen molar-refractivity contribution in [2.75, 3.05) is 13.2 Å². The Labute approximate surface area is 419 Å². The molecule has 0 aliphatic rings. The number of amides is 1. The lowest BCUT2D eigenvalue weighted by Crippen LogP contribution is -2.45. The first kappa shape index (κ1) is 65.9. The molecule has 0 saturated heterocycles. The fourth-order valence-electron chi connectivity index (χ4n) is 9.94. The van der Waals surface area contributed by atoms with Crippen molar-refractivity contribution in [3.8, 4) is 0 Å². The number of esters is 1. The molecule has 0 saturated carbocycles. The highest BCUT2D eigenvalue weighted by Crippen LogP contribution is 2.18. The van der Waals surface area contributed by atoms with E-state index < -0.39 is 12.1 Å². The van der Waals surface area contributed by atoms with E-state index in [1.165, 1.54) is 283 Å². The van der Waals surface area contributed by atoms with Crippen molar-refractivity contribution in [3.05, 3.63) is 0 Å². The van der Waals surface area contributed by atoms with Crippen LogP contribution >= 0.6 is 0 Å². The van der Waals surface area contributed by atoms with Gasteiger partial charge in [-0.15, -0.1) is 0 Å². The minimum atomic E-state index is -0.662. The first-order valence-corrected chi connectivity index (χ1v) is 30.8. The zero-order valence-electron chi connectivity index (χ0n) is 45.7. The van der Waals surface area contributed by atoms with Crippen LogP contribution in [-0.2, 0) is 14.3 Å². The summed E-state index contributed by atoms with van der Waals surface area (Å²) >= 11 is 0. The molecule has 0 radical (unpaired) electrons. The third kappa shape index (κ3) is 54.0. The van der Waals surface area contributed by atoms with E-state index in [4.69, 9.17) is 4.74 Å². The van der Waals surface area contributed by atoms with Crippen LogP contribution < -0.4 is 5.32 Å². The van der Waals surface area contributed by atoms with Crippen LogP contribution in [0.3, 0.4) is 0 Å². The van der Waals surface area contributed by atoms with Gasteiger partial charge in [-0.05, 0) is 25.7 Å². The van der Waals surface area contributed by atoms with Crippen LogP contribution in [0.4, 0.5) is 0 Å². The lowest BCUT2D eigenvalue weighted by Gasteiger charge is -2.22. The van der Waals surface area contributed by atoms with Gasteiger partial charge in [-0.25, -0.2) is 0 Å².